The van der Waals surface area contributed by atoms with Gasteiger partial charge in [0.1, 0.15) is 0 Å². The Morgan fingerprint density at radius 1 is 1.89 bits per heavy atom. The van der Waals surface area contributed by atoms with Crippen LogP contribution in [0.2, 0.25) is 0 Å². The van der Waals surface area contributed by atoms with E-state index in [2.05, 4.69) is 0 Å². The summed E-state index contributed by atoms with van der Waals surface area (Å²) in [4.78, 5) is 10.0. The fourth-order valence-electron chi connectivity index (χ4n) is 0.499. The second-order valence-corrected chi connectivity index (χ2v) is 2.01. The van der Waals surface area contributed by atoms with Crippen LogP contribution < -0.4 is 5.11 Å². The highest BCUT2D eigenvalue weighted by atomic mass is 16.6. The minimum Gasteiger partial charge on any atom is -0.545 e. The zero-order valence-corrected chi connectivity index (χ0v) is 5.09. The summed E-state index contributed by atoms with van der Waals surface area (Å²) in [5.74, 6) is -1.12. The van der Waals surface area contributed by atoms with Crippen molar-refractivity contribution in [1.29, 1.82) is 0 Å². The molecule has 0 amide bonds. The van der Waals surface area contributed by atoms with Gasteiger partial charge in [-0.15, -0.1) is 0 Å². The first-order valence-electron chi connectivity index (χ1n) is 2.71. The molecule has 50 valence electrons. The van der Waals surface area contributed by atoms with Gasteiger partial charge in [0.15, 0.2) is 0 Å². The van der Waals surface area contributed by atoms with Gasteiger partial charge in [-0.2, -0.15) is 0 Å². The highest BCUT2D eigenvalue weighted by molar-refractivity contribution is 5.83. The summed E-state index contributed by atoms with van der Waals surface area (Å²) in [6, 6.07) is 0. The van der Waals surface area contributed by atoms with E-state index in [0.717, 1.165) is 0 Å². The zero-order valence-electron chi connectivity index (χ0n) is 5.09. The highest BCUT2D eigenvalue weighted by Gasteiger charge is 2.19. The quantitative estimate of drug-likeness (QED) is 0.356. The Kier molecular flexibility index (Phi) is 1.53. The van der Waals surface area contributed by atoms with Gasteiger partial charge in [0.05, 0.1) is 18.7 Å². The lowest BCUT2D eigenvalue weighted by molar-refractivity contribution is -0.299. The van der Waals surface area contributed by atoms with E-state index in [1.54, 1.807) is 6.08 Å². The normalized spacial score (nSPS) is 25.9. The third-order valence-electron chi connectivity index (χ3n) is 1.12. The van der Waals surface area contributed by atoms with Crippen molar-refractivity contribution in [3.05, 3.63) is 11.6 Å². The molecule has 0 aromatic heterocycles. The summed E-state index contributed by atoms with van der Waals surface area (Å²) in [5.41, 5.74) is 0.248. The number of rotatable bonds is 2. The third-order valence-corrected chi connectivity index (χ3v) is 1.12. The minimum atomic E-state index is -1.12. The van der Waals surface area contributed by atoms with Crippen LogP contribution in [0.5, 0.6) is 0 Å². The highest BCUT2D eigenvalue weighted by Crippen LogP contribution is 2.11. The first-order valence-corrected chi connectivity index (χ1v) is 2.71. The fraction of sp³-hybridized carbons (Fsp3) is 0.500. The van der Waals surface area contributed by atoms with Crippen molar-refractivity contribution in [3.63, 3.8) is 0 Å². The van der Waals surface area contributed by atoms with Gasteiger partial charge in [-0.1, -0.05) is 0 Å². The molecular weight excluding hydrogens is 120 g/mol. The maximum Gasteiger partial charge on any atom is 0.0997 e. The van der Waals surface area contributed by atoms with Crippen LogP contribution >= 0.6 is 0 Å². The first-order chi connectivity index (χ1) is 4.20. The van der Waals surface area contributed by atoms with Crippen molar-refractivity contribution >= 4 is 5.97 Å². The van der Waals surface area contributed by atoms with Crippen LogP contribution in [-0.4, -0.2) is 18.7 Å². The van der Waals surface area contributed by atoms with E-state index in [1.165, 1.54) is 6.92 Å². The Morgan fingerprint density at radius 2 is 2.44 bits per heavy atom. The van der Waals surface area contributed by atoms with Crippen LogP contribution in [0, 0.1) is 0 Å². The molecule has 1 unspecified atom stereocenters. The predicted octanol–water partition coefficient (Wildman–Crippen LogP) is -0.919. The Bertz CT molecular complexity index is 156. The molecule has 0 aromatic rings. The number of epoxide rings is 1. The van der Waals surface area contributed by atoms with E-state index >= 15 is 0 Å². The summed E-state index contributed by atoms with van der Waals surface area (Å²) in [5, 5.41) is 10.0. The van der Waals surface area contributed by atoms with Gasteiger partial charge in [0.25, 0.3) is 0 Å². The van der Waals surface area contributed by atoms with E-state index in [9.17, 15) is 9.90 Å². The molecule has 1 aliphatic heterocycles. The van der Waals surface area contributed by atoms with Crippen LogP contribution in [0.25, 0.3) is 0 Å². The topological polar surface area (TPSA) is 52.7 Å². The number of hydrogen-bond acceptors (Lipinski definition) is 3. The van der Waals surface area contributed by atoms with Gasteiger partial charge in [-0.05, 0) is 18.6 Å². The number of hydrogen-bond donors (Lipinski definition) is 0. The number of ether oxygens (including phenoxy) is 1. The van der Waals surface area contributed by atoms with E-state index in [1.807, 2.05) is 0 Å². The molecule has 1 heterocycles. The Balaban J connectivity index is 2.46. The summed E-state index contributed by atoms with van der Waals surface area (Å²) < 4.78 is 4.76. The number of aliphatic carboxylic acids is 1. The lowest BCUT2D eigenvalue weighted by atomic mass is 10.2. The fourth-order valence-corrected chi connectivity index (χ4v) is 0.499. The molecule has 0 radical (unpaired) electrons. The molecule has 1 fully saturated rings. The van der Waals surface area contributed by atoms with E-state index in [4.69, 9.17) is 4.74 Å². The predicted molar refractivity (Wildman–Crippen MR) is 28.5 cm³/mol. The van der Waals surface area contributed by atoms with E-state index < -0.39 is 5.97 Å². The van der Waals surface area contributed by atoms with Crippen molar-refractivity contribution in [2.45, 2.75) is 13.0 Å². The van der Waals surface area contributed by atoms with Crippen molar-refractivity contribution in [2.75, 3.05) is 6.61 Å². The van der Waals surface area contributed by atoms with Crippen molar-refractivity contribution in [3.8, 4) is 0 Å². The molecule has 3 nitrogen and oxygen atoms in total. The summed E-state index contributed by atoms with van der Waals surface area (Å²) in [7, 11) is 0. The first kappa shape index (κ1) is 6.29. The smallest absolute Gasteiger partial charge is 0.0997 e. The minimum absolute atomic E-state index is 0.0305. The SMILES string of the molecule is C/C(=C\C1CO1)C(=O)[O-]. The van der Waals surface area contributed by atoms with E-state index in [-0.39, 0.29) is 11.7 Å². The zero-order chi connectivity index (χ0) is 6.85. The average Bonchev–Trinajstić information content (AvgIpc) is 2.50. The van der Waals surface area contributed by atoms with Gasteiger partial charge in [-0.3, -0.25) is 0 Å². The van der Waals surface area contributed by atoms with Crippen LogP contribution in [0.3, 0.4) is 0 Å². The number of carbonyl (C=O) groups is 1. The molecule has 0 spiro atoms. The molecule has 9 heavy (non-hydrogen) atoms. The number of carboxylic acid groups (broad SMARTS) is 1. The van der Waals surface area contributed by atoms with Gasteiger partial charge in [-0.25, -0.2) is 0 Å². The van der Waals surface area contributed by atoms with Crippen LogP contribution in [0.4, 0.5) is 0 Å². The number of carboxylic acids is 1. The number of carbonyl (C=O) groups excluding carboxylic acids is 1. The second kappa shape index (κ2) is 2.19. The molecular formula is C6H7O3-. The van der Waals surface area contributed by atoms with Crippen LogP contribution in [0.15, 0.2) is 11.6 Å². The summed E-state index contributed by atoms with van der Waals surface area (Å²) in [6.07, 6.45) is 1.58. The molecule has 0 aliphatic carbocycles. The second-order valence-electron chi connectivity index (χ2n) is 2.01. The lowest BCUT2D eigenvalue weighted by Crippen LogP contribution is -2.23. The molecule has 0 saturated carbocycles. The third kappa shape index (κ3) is 1.85. The maximum atomic E-state index is 10.0. The Morgan fingerprint density at radius 3 is 2.78 bits per heavy atom. The van der Waals surface area contributed by atoms with E-state index in [0.29, 0.717) is 6.61 Å². The largest absolute Gasteiger partial charge is 0.545 e. The molecule has 1 atom stereocenters. The van der Waals surface area contributed by atoms with Crippen LogP contribution in [0.1, 0.15) is 6.92 Å². The summed E-state index contributed by atoms with van der Waals surface area (Å²) in [6.45, 7) is 2.14. The van der Waals surface area contributed by atoms with Crippen LogP contribution in [-0.2, 0) is 9.53 Å². The molecule has 3 heteroatoms. The standard InChI is InChI=1S/C6H8O3/c1-4(6(7)8)2-5-3-9-5/h2,5H,3H2,1H3,(H,7,8)/p-1/b4-2+. The van der Waals surface area contributed by atoms with Gasteiger partial charge >= 0.3 is 0 Å². The van der Waals surface area contributed by atoms with Crippen molar-refractivity contribution in [2.24, 2.45) is 0 Å². The van der Waals surface area contributed by atoms with Crippen molar-refractivity contribution < 1.29 is 14.6 Å². The molecule has 1 aliphatic rings. The van der Waals surface area contributed by atoms with Gasteiger partial charge < -0.3 is 14.6 Å². The van der Waals surface area contributed by atoms with Gasteiger partial charge in [0, 0.05) is 0 Å². The Hall–Kier alpha value is -0.830. The Labute approximate surface area is 52.9 Å². The molecule has 1 saturated heterocycles. The lowest BCUT2D eigenvalue weighted by Gasteiger charge is -1.97. The monoisotopic (exact) mass is 127 g/mol. The molecule has 0 aromatic carbocycles. The average molecular weight is 127 g/mol. The molecule has 0 bridgehead atoms. The molecule has 0 N–H and O–H groups in total. The van der Waals surface area contributed by atoms with Crippen molar-refractivity contribution in [1.82, 2.24) is 0 Å². The maximum absolute atomic E-state index is 10.0. The molecule has 1 rings (SSSR count). The van der Waals surface area contributed by atoms with Gasteiger partial charge in [0.2, 0.25) is 0 Å². The summed E-state index contributed by atoms with van der Waals surface area (Å²) >= 11 is 0.